The predicted octanol–water partition coefficient (Wildman–Crippen LogP) is 1.67. The van der Waals surface area contributed by atoms with E-state index in [4.69, 9.17) is 9.84 Å². The lowest BCUT2D eigenvalue weighted by atomic mass is 10.2. The molecule has 0 saturated heterocycles. The summed E-state index contributed by atoms with van der Waals surface area (Å²) in [6, 6.07) is 0. The van der Waals surface area contributed by atoms with E-state index in [0.717, 1.165) is 49.6 Å². The minimum atomic E-state index is 0.0752. The standard InChI is InChI=1S/C14H26N4O2/c1-3-6-15-13-12(4-2)14(18-11-17-13)16-7-5-9-20-10-8-19/h11,19H,3-10H2,1-2H3,(H2,15,16,17,18). The average molecular weight is 282 g/mol. The van der Waals surface area contributed by atoms with Crippen molar-refractivity contribution in [1.29, 1.82) is 0 Å². The van der Waals surface area contributed by atoms with Crippen LogP contribution in [-0.4, -0.2) is 48.0 Å². The van der Waals surface area contributed by atoms with Gasteiger partial charge in [0.2, 0.25) is 0 Å². The zero-order chi connectivity index (χ0) is 14.6. The maximum atomic E-state index is 8.61. The van der Waals surface area contributed by atoms with Gasteiger partial charge in [0.25, 0.3) is 0 Å². The van der Waals surface area contributed by atoms with Gasteiger partial charge in [-0.3, -0.25) is 0 Å². The van der Waals surface area contributed by atoms with E-state index in [1.54, 1.807) is 6.33 Å². The highest BCUT2D eigenvalue weighted by Gasteiger charge is 2.08. The molecule has 1 heterocycles. The second-order valence-corrected chi connectivity index (χ2v) is 4.45. The summed E-state index contributed by atoms with van der Waals surface area (Å²) in [6.07, 6.45) is 4.42. The third-order valence-corrected chi connectivity index (χ3v) is 2.83. The fourth-order valence-electron chi connectivity index (χ4n) is 1.84. The van der Waals surface area contributed by atoms with Gasteiger partial charge in [0.1, 0.15) is 18.0 Å². The zero-order valence-corrected chi connectivity index (χ0v) is 12.5. The molecule has 20 heavy (non-hydrogen) atoms. The summed E-state index contributed by atoms with van der Waals surface area (Å²) >= 11 is 0. The molecule has 0 bridgehead atoms. The van der Waals surface area contributed by atoms with E-state index in [-0.39, 0.29) is 6.61 Å². The lowest BCUT2D eigenvalue weighted by Crippen LogP contribution is -2.12. The van der Waals surface area contributed by atoms with Crippen molar-refractivity contribution in [3.05, 3.63) is 11.9 Å². The van der Waals surface area contributed by atoms with Crippen molar-refractivity contribution in [3.63, 3.8) is 0 Å². The number of aliphatic hydroxyl groups excluding tert-OH is 1. The number of nitrogens with one attached hydrogen (secondary N) is 2. The number of rotatable bonds is 11. The summed E-state index contributed by atoms with van der Waals surface area (Å²) < 4.78 is 5.22. The van der Waals surface area contributed by atoms with Crippen LogP contribution < -0.4 is 10.6 Å². The monoisotopic (exact) mass is 282 g/mol. The molecule has 6 heteroatoms. The van der Waals surface area contributed by atoms with Crippen molar-refractivity contribution in [2.24, 2.45) is 0 Å². The van der Waals surface area contributed by atoms with Crippen LogP contribution in [0.25, 0.3) is 0 Å². The van der Waals surface area contributed by atoms with Crippen molar-refractivity contribution in [2.75, 3.05) is 43.5 Å². The Kier molecular flexibility index (Phi) is 8.66. The fraction of sp³-hybridized carbons (Fsp3) is 0.714. The highest BCUT2D eigenvalue weighted by molar-refractivity contribution is 5.57. The molecule has 114 valence electrons. The van der Waals surface area contributed by atoms with Gasteiger partial charge in [-0.05, 0) is 19.3 Å². The number of hydrogen-bond acceptors (Lipinski definition) is 6. The molecule has 1 aromatic rings. The number of aliphatic hydroxyl groups is 1. The van der Waals surface area contributed by atoms with Crippen molar-refractivity contribution >= 4 is 11.6 Å². The van der Waals surface area contributed by atoms with Gasteiger partial charge in [-0.25, -0.2) is 9.97 Å². The highest BCUT2D eigenvalue weighted by atomic mass is 16.5. The second-order valence-electron chi connectivity index (χ2n) is 4.45. The first kappa shape index (κ1) is 16.7. The van der Waals surface area contributed by atoms with Gasteiger partial charge in [0.05, 0.1) is 13.2 Å². The summed E-state index contributed by atoms with van der Waals surface area (Å²) in [6.45, 7) is 7.06. The van der Waals surface area contributed by atoms with E-state index in [2.05, 4.69) is 34.4 Å². The highest BCUT2D eigenvalue weighted by Crippen LogP contribution is 2.20. The third-order valence-electron chi connectivity index (χ3n) is 2.83. The Bertz CT molecular complexity index is 374. The third kappa shape index (κ3) is 5.71. The fourth-order valence-corrected chi connectivity index (χ4v) is 1.84. The molecular weight excluding hydrogens is 256 g/mol. The molecule has 0 saturated carbocycles. The van der Waals surface area contributed by atoms with Crippen LogP contribution in [0.15, 0.2) is 6.33 Å². The molecule has 0 aromatic carbocycles. The number of hydrogen-bond donors (Lipinski definition) is 3. The van der Waals surface area contributed by atoms with E-state index in [1.807, 2.05) is 0 Å². The lowest BCUT2D eigenvalue weighted by Gasteiger charge is -2.14. The Labute approximate surface area is 121 Å². The van der Waals surface area contributed by atoms with Crippen LogP contribution in [0.4, 0.5) is 11.6 Å². The van der Waals surface area contributed by atoms with E-state index in [0.29, 0.717) is 13.2 Å². The number of anilines is 2. The Balaban J connectivity index is 2.47. The normalized spacial score (nSPS) is 10.6. The van der Waals surface area contributed by atoms with Crippen LogP contribution in [0, 0.1) is 0 Å². The molecule has 0 aliphatic rings. The number of nitrogens with zero attached hydrogens (tertiary/aromatic N) is 2. The van der Waals surface area contributed by atoms with Gasteiger partial charge in [-0.2, -0.15) is 0 Å². The first-order chi connectivity index (χ1) is 9.83. The van der Waals surface area contributed by atoms with Crippen molar-refractivity contribution in [1.82, 2.24) is 9.97 Å². The Hall–Kier alpha value is -1.40. The first-order valence-electron chi connectivity index (χ1n) is 7.33. The Morgan fingerprint density at radius 3 is 2.40 bits per heavy atom. The number of aromatic nitrogens is 2. The quantitative estimate of drug-likeness (QED) is 0.536. The van der Waals surface area contributed by atoms with Crippen molar-refractivity contribution in [2.45, 2.75) is 33.1 Å². The Morgan fingerprint density at radius 2 is 1.80 bits per heavy atom. The van der Waals surface area contributed by atoms with Crippen LogP contribution >= 0.6 is 0 Å². The molecule has 0 amide bonds. The molecule has 0 aliphatic heterocycles. The van der Waals surface area contributed by atoms with E-state index < -0.39 is 0 Å². The van der Waals surface area contributed by atoms with Crippen LogP contribution in [-0.2, 0) is 11.2 Å². The Morgan fingerprint density at radius 1 is 1.10 bits per heavy atom. The van der Waals surface area contributed by atoms with Crippen molar-refractivity contribution in [3.8, 4) is 0 Å². The molecule has 0 unspecified atom stereocenters. The molecular formula is C14H26N4O2. The second kappa shape index (κ2) is 10.4. The van der Waals surface area contributed by atoms with Crippen LogP contribution in [0.5, 0.6) is 0 Å². The SMILES string of the molecule is CCCNc1ncnc(NCCCOCCO)c1CC. The summed E-state index contributed by atoms with van der Waals surface area (Å²) in [5, 5.41) is 15.3. The van der Waals surface area contributed by atoms with Crippen LogP contribution in [0.2, 0.25) is 0 Å². The summed E-state index contributed by atoms with van der Waals surface area (Å²) in [7, 11) is 0. The van der Waals surface area contributed by atoms with Gasteiger partial charge in [-0.15, -0.1) is 0 Å². The maximum Gasteiger partial charge on any atom is 0.134 e. The maximum absolute atomic E-state index is 8.61. The molecule has 0 aliphatic carbocycles. The molecule has 0 fully saturated rings. The lowest BCUT2D eigenvalue weighted by molar-refractivity contribution is 0.0922. The molecule has 3 N–H and O–H groups in total. The zero-order valence-electron chi connectivity index (χ0n) is 12.5. The van der Waals surface area contributed by atoms with Crippen molar-refractivity contribution < 1.29 is 9.84 Å². The van der Waals surface area contributed by atoms with Crippen LogP contribution in [0.3, 0.4) is 0 Å². The van der Waals surface area contributed by atoms with E-state index in [1.165, 1.54) is 0 Å². The van der Waals surface area contributed by atoms with E-state index in [9.17, 15) is 0 Å². The van der Waals surface area contributed by atoms with Gasteiger partial charge < -0.3 is 20.5 Å². The predicted molar refractivity (Wildman–Crippen MR) is 81.2 cm³/mol. The topological polar surface area (TPSA) is 79.3 Å². The van der Waals surface area contributed by atoms with Gasteiger partial charge in [0.15, 0.2) is 0 Å². The molecule has 0 spiro atoms. The molecule has 0 radical (unpaired) electrons. The number of ether oxygens (including phenoxy) is 1. The van der Waals surface area contributed by atoms with Gasteiger partial charge in [0, 0.05) is 25.3 Å². The summed E-state index contributed by atoms with van der Waals surface area (Å²) in [5.74, 6) is 1.81. The summed E-state index contributed by atoms with van der Waals surface area (Å²) in [5.41, 5.74) is 1.12. The molecule has 0 atom stereocenters. The molecule has 1 rings (SSSR count). The summed E-state index contributed by atoms with van der Waals surface area (Å²) in [4.78, 5) is 8.61. The van der Waals surface area contributed by atoms with Crippen LogP contribution in [0.1, 0.15) is 32.3 Å². The smallest absolute Gasteiger partial charge is 0.134 e. The average Bonchev–Trinajstić information content (AvgIpc) is 2.48. The largest absolute Gasteiger partial charge is 0.394 e. The minimum Gasteiger partial charge on any atom is -0.394 e. The molecule has 6 nitrogen and oxygen atoms in total. The first-order valence-corrected chi connectivity index (χ1v) is 7.33. The minimum absolute atomic E-state index is 0.0752. The van der Waals surface area contributed by atoms with Gasteiger partial charge >= 0.3 is 0 Å². The molecule has 1 aromatic heterocycles. The van der Waals surface area contributed by atoms with Gasteiger partial charge in [-0.1, -0.05) is 13.8 Å². The van der Waals surface area contributed by atoms with E-state index >= 15 is 0 Å².